The van der Waals surface area contributed by atoms with Crippen LogP contribution in [0, 0.1) is 0 Å². The van der Waals surface area contributed by atoms with Crippen molar-refractivity contribution in [2.75, 3.05) is 24.5 Å². The first-order valence-corrected chi connectivity index (χ1v) is 8.04. The number of para-hydroxylation sites is 1. The molecular weight excluding hydrogens is 298 g/mol. The SMILES string of the molecule is CC1Cc2ccccc2N1C(=O)CN1CCCCC1CN.Cl. The predicted molar refractivity (Wildman–Crippen MR) is 92.6 cm³/mol. The van der Waals surface area contributed by atoms with Crippen LogP contribution in [0.2, 0.25) is 0 Å². The normalized spacial score (nSPS) is 24.7. The molecule has 4 nitrogen and oxygen atoms in total. The molecule has 0 saturated carbocycles. The van der Waals surface area contributed by atoms with E-state index in [1.165, 1.54) is 18.4 Å². The molecule has 5 heteroatoms. The third-order valence-electron chi connectivity index (χ3n) is 4.84. The van der Waals surface area contributed by atoms with Crippen LogP contribution >= 0.6 is 12.4 Å². The van der Waals surface area contributed by atoms with Crippen molar-refractivity contribution in [2.45, 2.75) is 44.7 Å². The van der Waals surface area contributed by atoms with Crippen molar-refractivity contribution < 1.29 is 4.79 Å². The number of rotatable bonds is 3. The number of fused-ring (bicyclic) bond motifs is 1. The van der Waals surface area contributed by atoms with Gasteiger partial charge < -0.3 is 10.6 Å². The van der Waals surface area contributed by atoms with E-state index in [2.05, 4.69) is 30.0 Å². The van der Waals surface area contributed by atoms with E-state index < -0.39 is 0 Å². The lowest BCUT2D eigenvalue weighted by Gasteiger charge is -2.36. The number of likely N-dealkylation sites (tertiary alicyclic amines) is 1. The fourth-order valence-corrected chi connectivity index (χ4v) is 3.73. The first-order chi connectivity index (χ1) is 10.2. The molecule has 0 aromatic heterocycles. The highest BCUT2D eigenvalue weighted by molar-refractivity contribution is 5.97. The van der Waals surface area contributed by atoms with Crippen LogP contribution in [0.15, 0.2) is 24.3 Å². The first kappa shape index (κ1) is 17.3. The molecule has 3 rings (SSSR count). The average molecular weight is 324 g/mol. The molecule has 2 aliphatic heterocycles. The molecule has 122 valence electrons. The minimum Gasteiger partial charge on any atom is -0.329 e. The van der Waals surface area contributed by atoms with Gasteiger partial charge >= 0.3 is 0 Å². The van der Waals surface area contributed by atoms with E-state index in [9.17, 15) is 4.79 Å². The molecule has 0 radical (unpaired) electrons. The van der Waals surface area contributed by atoms with Crippen LogP contribution in [-0.4, -0.2) is 42.5 Å². The van der Waals surface area contributed by atoms with Crippen LogP contribution in [0.3, 0.4) is 0 Å². The van der Waals surface area contributed by atoms with Crippen molar-refractivity contribution in [2.24, 2.45) is 5.73 Å². The van der Waals surface area contributed by atoms with Gasteiger partial charge in [0.25, 0.3) is 0 Å². The number of anilines is 1. The smallest absolute Gasteiger partial charge is 0.241 e. The number of piperidine rings is 1. The topological polar surface area (TPSA) is 49.6 Å². The quantitative estimate of drug-likeness (QED) is 0.927. The van der Waals surface area contributed by atoms with Crippen LogP contribution in [0.4, 0.5) is 5.69 Å². The lowest BCUT2D eigenvalue weighted by molar-refractivity contribution is -0.120. The lowest BCUT2D eigenvalue weighted by Crippen LogP contribution is -2.50. The number of nitrogens with two attached hydrogens (primary N) is 1. The molecule has 0 aliphatic carbocycles. The fraction of sp³-hybridized carbons (Fsp3) is 0.588. The lowest BCUT2D eigenvalue weighted by atomic mass is 10.0. The molecule has 2 aliphatic rings. The Hall–Kier alpha value is -1.10. The van der Waals surface area contributed by atoms with E-state index >= 15 is 0 Å². The van der Waals surface area contributed by atoms with E-state index in [4.69, 9.17) is 5.73 Å². The largest absolute Gasteiger partial charge is 0.329 e. The van der Waals surface area contributed by atoms with E-state index in [1.807, 2.05) is 11.0 Å². The number of carbonyl (C=O) groups excluding carboxylic acids is 1. The summed E-state index contributed by atoms with van der Waals surface area (Å²) in [6.45, 7) is 4.28. The highest BCUT2D eigenvalue weighted by atomic mass is 35.5. The predicted octanol–water partition coefficient (Wildman–Crippen LogP) is 2.20. The summed E-state index contributed by atoms with van der Waals surface area (Å²) in [5, 5.41) is 0. The summed E-state index contributed by atoms with van der Waals surface area (Å²) >= 11 is 0. The molecule has 2 N–H and O–H groups in total. The van der Waals surface area contributed by atoms with Gasteiger partial charge in [-0.15, -0.1) is 12.4 Å². The maximum atomic E-state index is 12.8. The van der Waals surface area contributed by atoms with Crippen molar-refractivity contribution >= 4 is 24.0 Å². The average Bonchev–Trinajstić information content (AvgIpc) is 2.83. The molecule has 1 saturated heterocycles. The molecule has 1 aromatic carbocycles. The fourth-order valence-electron chi connectivity index (χ4n) is 3.73. The number of benzene rings is 1. The zero-order valence-corrected chi connectivity index (χ0v) is 14.0. The van der Waals surface area contributed by atoms with Gasteiger partial charge in [0.05, 0.1) is 6.54 Å². The summed E-state index contributed by atoms with van der Waals surface area (Å²) in [6.07, 6.45) is 4.49. The van der Waals surface area contributed by atoms with Crippen molar-refractivity contribution in [3.63, 3.8) is 0 Å². The van der Waals surface area contributed by atoms with Gasteiger partial charge in [0.1, 0.15) is 0 Å². The minimum atomic E-state index is 0. The van der Waals surface area contributed by atoms with Crippen LogP contribution in [0.25, 0.3) is 0 Å². The number of nitrogens with zero attached hydrogens (tertiary/aromatic N) is 2. The second kappa shape index (κ2) is 7.44. The Kier molecular flexibility index (Phi) is 5.84. The van der Waals surface area contributed by atoms with Crippen LogP contribution in [-0.2, 0) is 11.2 Å². The van der Waals surface area contributed by atoms with Gasteiger partial charge in [-0.1, -0.05) is 24.6 Å². The molecule has 2 unspecified atom stereocenters. The van der Waals surface area contributed by atoms with E-state index in [0.29, 0.717) is 19.1 Å². The van der Waals surface area contributed by atoms with Crippen molar-refractivity contribution in [3.8, 4) is 0 Å². The second-order valence-electron chi connectivity index (χ2n) is 6.30. The number of amides is 1. The summed E-state index contributed by atoms with van der Waals surface area (Å²) in [7, 11) is 0. The Labute approximate surface area is 139 Å². The van der Waals surface area contributed by atoms with Gasteiger partial charge in [-0.3, -0.25) is 9.69 Å². The summed E-state index contributed by atoms with van der Waals surface area (Å²) in [4.78, 5) is 17.1. The summed E-state index contributed by atoms with van der Waals surface area (Å²) in [5.74, 6) is 0.216. The van der Waals surface area contributed by atoms with Gasteiger partial charge in [0.15, 0.2) is 0 Å². The summed E-state index contributed by atoms with van der Waals surface area (Å²) in [5.41, 5.74) is 8.24. The third kappa shape index (κ3) is 3.29. The Morgan fingerprint density at radius 2 is 2.09 bits per heavy atom. The standard InChI is InChI=1S/C17H25N3O.ClH/c1-13-10-14-6-2-3-8-16(14)20(13)17(21)12-19-9-5-4-7-15(19)11-18;/h2-3,6,8,13,15H,4-5,7,9-12,18H2,1H3;1H. The van der Waals surface area contributed by atoms with Gasteiger partial charge in [0.2, 0.25) is 5.91 Å². The summed E-state index contributed by atoms with van der Waals surface area (Å²) < 4.78 is 0. The third-order valence-corrected chi connectivity index (χ3v) is 4.84. The van der Waals surface area contributed by atoms with Crippen LogP contribution < -0.4 is 10.6 Å². The van der Waals surface area contributed by atoms with Crippen LogP contribution in [0.1, 0.15) is 31.7 Å². The van der Waals surface area contributed by atoms with E-state index in [-0.39, 0.29) is 24.4 Å². The minimum absolute atomic E-state index is 0. The Morgan fingerprint density at radius 3 is 2.86 bits per heavy atom. The number of hydrogen-bond acceptors (Lipinski definition) is 3. The van der Waals surface area contributed by atoms with Crippen molar-refractivity contribution in [1.82, 2.24) is 4.90 Å². The van der Waals surface area contributed by atoms with E-state index in [1.54, 1.807) is 0 Å². The number of carbonyl (C=O) groups is 1. The Balaban J connectivity index is 0.00000176. The van der Waals surface area contributed by atoms with Gasteiger partial charge in [-0.05, 0) is 44.4 Å². The zero-order valence-electron chi connectivity index (χ0n) is 13.2. The zero-order chi connectivity index (χ0) is 14.8. The maximum absolute atomic E-state index is 12.8. The molecule has 2 heterocycles. The molecular formula is C17H26ClN3O. The highest BCUT2D eigenvalue weighted by Crippen LogP contribution is 2.32. The van der Waals surface area contributed by atoms with Gasteiger partial charge in [-0.2, -0.15) is 0 Å². The van der Waals surface area contributed by atoms with E-state index in [0.717, 1.165) is 25.1 Å². The first-order valence-electron chi connectivity index (χ1n) is 8.04. The van der Waals surface area contributed by atoms with Gasteiger partial charge in [-0.25, -0.2) is 0 Å². The van der Waals surface area contributed by atoms with Crippen LogP contribution in [0.5, 0.6) is 0 Å². The highest BCUT2D eigenvalue weighted by Gasteiger charge is 2.32. The molecule has 1 fully saturated rings. The van der Waals surface area contributed by atoms with Crippen molar-refractivity contribution in [1.29, 1.82) is 0 Å². The summed E-state index contributed by atoms with van der Waals surface area (Å²) in [6, 6.07) is 8.89. The number of halogens is 1. The molecule has 1 amide bonds. The molecule has 2 atom stereocenters. The second-order valence-corrected chi connectivity index (χ2v) is 6.30. The molecule has 0 spiro atoms. The number of hydrogen-bond donors (Lipinski definition) is 1. The Morgan fingerprint density at radius 1 is 1.32 bits per heavy atom. The molecule has 0 bridgehead atoms. The molecule has 22 heavy (non-hydrogen) atoms. The van der Waals surface area contributed by atoms with Gasteiger partial charge in [0, 0.05) is 24.3 Å². The molecule has 1 aromatic rings. The maximum Gasteiger partial charge on any atom is 0.241 e. The monoisotopic (exact) mass is 323 g/mol. The Bertz CT molecular complexity index is 522. The van der Waals surface area contributed by atoms with Crippen molar-refractivity contribution in [3.05, 3.63) is 29.8 Å².